The van der Waals surface area contributed by atoms with Crippen LogP contribution < -0.4 is 5.32 Å². The summed E-state index contributed by atoms with van der Waals surface area (Å²) in [5, 5.41) is 2.98. The van der Waals surface area contributed by atoms with Crippen molar-refractivity contribution in [1.29, 1.82) is 0 Å². The molecule has 2 heterocycles. The maximum atomic E-state index is 11.9. The van der Waals surface area contributed by atoms with Gasteiger partial charge in [0, 0.05) is 11.0 Å². The molecule has 0 aliphatic carbocycles. The van der Waals surface area contributed by atoms with Crippen LogP contribution in [0.1, 0.15) is 35.4 Å². The minimum absolute atomic E-state index is 0.0232. The number of nitrogens with zero attached hydrogens (tertiary/aromatic N) is 1. The Balaban J connectivity index is 1.66. The number of nitrogens with one attached hydrogen (secondary N) is 1. The molecule has 1 N–H and O–H groups in total. The summed E-state index contributed by atoms with van der Waals surface area (Å²) in [6.07, 6.45) is 5.04. The highest BCUT2D eigenvalue weighted by atomic mass is 79.9. The molecule has 1 aromatic heterocycles. The Kier molecular flexibility index (Phi) is 6.32. The molecular formula is C13H18Br2N2OS. The Morgan fingerprint density at radius 3 is 2.68 bits per heavy atom. The van der Waals surface area contributed by atoms with Crippen molar-refractivity contribution in [1.82, 2.24) is 10.2 Å². The minimum Gasteiger partial charge on any atom is -0.351 e. The Bertz CT molecular complexity index is 411. The molecule has 1 aromatic rings. The quantitative estimate of drug-likeness (QED) is 0.748. The molecule has 19 heavy (non-hydrogen) atoms. The molecule has 1 fully saturated rings. The van der Waals surface area contributed by atoms with Crippen LogP contribution in [0, 0.1) is 0 Å². The summed E-state index contributed by atoms with van der Waals surface area (Å²) in [6, 6.07) is 1.86. The van der Waals surface area contributed by atoms with E-state index in [0.717, 1.165) is 32.6 Å². The second-order valence-corrected chi connectivity index (χ2v) is 7.97. The first-order chi connectivity index (χ1) is 9.16. The van der Waals surface area contributed by atoms with Crippen molar-refractivity contribution in [2.24, 2.45) is 0 Å². The Hall–Kier alpha value is 0.0900. The normalized spacial score (nSPS) is 16.5. The van der Waals surface area contributed by atoms with E-state index >= 15 is 0 Å². The fourth-order valence-electron chi connectivity index (χ4n) is 2.23. The molecule has 0 bridgehead atoms. The maximum Gasteiger partial charge on any atom is 0.261 e. The average Bonchev–Trinajstić information content (AvgIpc) is 2.76. The Labute approximate surface area is 135 Å². The summed E-state index contributed by atoms with van der Waals surface area (Å²) in [5.41, 5.74) is 0. The molecule has 1 aliphatic heterocycles. The van der Waals surface area contributed by atoms with E-state index in [1.54, 1.807) is 0 Å². The topological polar surface area (TPSA) is 32.3 Å². The van der Waals surface area contributed by atoms with Gasteiger partial charge in [-0.2, -0.15) is 0 Å². The standard InChI is InChI=1S/C13H18Br2N2OS/c14-10-9-11(19-12(10)15)13(18)16-5-4-8-17-6-2-1-3-7-17/h9H,1-8H2,(H,16,18). The van der Waals surface area contributed by atoms with Gasteiger partial charge in [-0.05, 0) is 76.8 Å². The van der Waals surface area contributed by atoms with E-state index in [4.69, 9.17) is 0 Å². The van der Waals surface area contributed by atoms with Gasteiger partial charge in [-0.25, -0.2) is 0 Å². The fraction of sp³-hybridized carbons (Fsp3) is 0.615. The first-order valence-electron chi connectivity index (χ1n) is 6.62. The summed E-state index contributed by atoms with van der Waals surface area (Å²) >= 11 is 8.25. The van der Waals surface area contributed by atoms with Crippen molar-refractivity contribution in [2.45, 2.75) is 25.7 Å². The van der Waals surface area contributed by atoms with Gasteiger partial charge < -0.3 is 10.2 Å². The summed E-state index contributed by atoms with van der Waals surface area (Å²) < 4.78 is 1.90. The Morgan fingerprint density at radius 1 is 1.32 bits per heavy atom. The molecule has 0 radical (unpaired) electrons. The van der Waals surface area contributed by atoms with E-state index in [0.29, 0.717) is 0 Å². The molecule has 2 rings (SSSR count). The lowest BCUT2D eigenvalue weighted by Crippen LogP contribution is -2.33. The predicted molar refractivity (Wildman–Crippen MR) is 87.0 cm³/mol. The third-order valence-electron chi connectivity index (χ3n) is 3.25. The highest BCUT2D eigenvalue weighted by molar-refractivity contribution is 9.13. The summed E-state index contributed by atoms with van der Waals surface area (Å²) in [5.74, 6) is 0.0232. The Morgan fingerprint density at radius 2 is 2.05 bits per heavy atom. The number of piperidine rings is 1. The number of thiophene rings is 1. The van der Waals surface area contributed by atoms with Gasteiger partial charge in [0.15, 0.2) is 0 Å². The van der Waals surface area contributed by atoms with Crippen LogP contribution in [0.5, 0.6) is 0 Å². The van der Waals surface area contributed by atoms with Crippen molar-refractivity contribution in [2.75, 3.05) is 26.2 Å². The van der Waals surface area contributed by atoms with Crippen molar-refractivity contribution >= 4 is 49.1 Å². The monoisotopic (exact) mass is 408 g/mol. The molecule has 0 unspecified atom stereocenters. The molecule has 0 atom stereocenters. The molecule has 3 nitrogen and oxygen atoms in total. The van der Waals surface area contributed by atoms with Crippen molar-refractivity contribution < 1.29 is 4.79 Å². The number of carbonyl (C=O) groups excluding carboxylic acids is 1. The lowest BCUT2D eigenvalue weighted by atomic mass is 10.1. The molecule has 0 spiro atoms. The van der Waals surface area contributed by atoms with Gasteiger partial charge in [0.2, 0.25) is 0 Å². The molecule has 0 aromatic carbocycles. The lowest BCUT2D eigenvalue weighted by molar-refractivity contribution is 0.0955. The van der Waals surface area contributed by atoms with Crippen molar-refractivity contribution in [3.8, 4) is 0 Å². The zero-order valence-corrected chi connectivity index (χ0v) is 14.7. The summed E-state index contributed by atoms with van der Waals surface area (Å²) in [6.45, 7) is 4.29. The molecule has 1 aliphatic rings. The maximum absolute atomic E-state index is 11.9. The molecular weight excluding hydrogens is 392 g/mol. The fourth-order valence-corrected chi connectivity index (χ4v) is 4.19. The van der Waals surface area contributed by atoms with E-state index in [9.17, 15) is 4.79 Å². The minimum atomic E-state index is 0.0232. The van der Waals surface area contributed by atoms with Crippen LogP contribution in [0.2, 0.25) is 0 Å². The summed E-state index contributed by atoms with van der Waals surface area (Å²) in [7, 11) is 0. The first kappa shape index (κ1) is 15.5. The van der Waals surface area contributed by atoms with Crippen LogP contribution in [0.25, 0.3) is 0 Å². The third kappa shape index (κ3) is 4.85. The molecule has 1 saturated heterocycles. The number of rotatable bonds is 5. The number of hydrogen-bond acceptors (Lipinski definition) is 3. The van der Waals surface area contributed by atoms with Crippen LogP contribution in [0.15, 0.2) is 14.3 Å². The zero-order valence-electron chi connectivity index (χ0n) is 10.8. The number of hydrogen-bond donors (Lipinski definition) is 1. The van der Waals surface area contributed by atoms with E-state index < -0.39 is 0 Å². The van der Waals surface area contributed by atoms with Gasteiger partial charge >= 0.3 is 0 Å². The van der Waals surface area contributed by atoms with Crippen LogP contribution >= 0.6 is 43.2 Å². The van der Waals surface area contributed by atoms with E-state index in [2.05, 4.69) is 42.1 Å². The average molecular weight is 410 g/mol. The highest BCUT2D eigenvalue weighted by Crippen LogP contribution is 2.32. The molecule has 1 amide bonds. The van der Waals surface area contributed by atoms with Crippen molar-refractivity contribution in [3.63, 3.8) is 0 Å². The SMILES string of the molecule is O=C(NCCCN1CCCCC1)c1cc(Br)c(Br)s1. The van der Waals surface area contributed by atoms with E-state index in [1.165, 1.54) is 43.7 Å². The van der Waals surface area contributed by atoms with Crippen LogP contribution in [-0.4, -0.2) is 37.0 Å². The lowest BCUT2D eigenvalue weighted by Gasteiger charge is -2.26. The number of amides is 1. The predicted octanol–water partition coefficient (Wildman–Crippen LogP) is 3.88. The third-order valence-corrected chi connectivity index (χ3v) is 6.51. The largest absolute Gasteiger partial charge is 0.351 e. The second kappa shape index (κ2) is 7.76. The second-order valence-electron chi connectivity index (χ2n) is 4.74. The summed E-state index contributed by atoms with van der Waals surface area (Å²) in [4.78, 5) is 15.1. The van der Waals surface area contributed by atoms with Crippen LogP contribution in [-0.2, 0) is 0 Å². The zero-order chi connectivity index (χ0) is 13.7. The van der Waals surface area contributed by atoms with Gasteiger partial charge in [0.05, 0.1) is 8.66 Å². The highest BCUT2D eigenvalue weighted by Gasteiger charge is 2.12. The number of carbonyl (C=O) groups is 1. The molecule has 0 saturated carbocycles. The van der Waals surface area contributed by atoms with Gasteiger partial charge in [-0.15, -0.1) is 11.3 Å². The van der Waals surface area contributed by atoms with E-state index in [-0.39, 0.29) is 5.91 Å². The molecule has 6 heteroatoms. The van der Waals surface area contributed by atoms with Gasteiger partial charge in [-0.3, -0.25) is 4.79 Å². The number of likely N-dealkylation sites (tertiary alicyclic amines) is 1. The van der Waals surface area contributed by atoms with Crippen LogP contribution in [0.4, 0.5) is 0 Å². The van der Waals surface area contributed by atoms with Gasteiger partial charge in [0.25, 0.3) is 5.91 Å². The number of halogens is 2. The molecule has 106 valence electrons. The van der Waals surface area contributed by atoms with Gasteiger partial charge in [-0.1, -0.05) is 6.42 Å². The first-order valence-corrected chi connectivity index (χ1v) is 9.02. The van der Waals surface area contributed by atoms with Gasteiger partial charge in [0.1, 0.15) is 0 Å². The van der Waals surface area contributed by atoms with Crippen molar-refractivity contribution in [3.05, 3.63) is 19.2 Å². The van der Waals surface area contributed by atoms with Crippen LogP contribution in [0.3, 0.4) is 0 Å². The smallest absolute Gasteiger partial charge is 0.261 e. The van der Waals surface area contributed by atoms with E-state index in [1.807, 2.05) is 6.07 Å².